The minimum atomic E-state index is -0.549. The summed E-state index contributed by atoms with van der Waals surface area (Å²) in [6, 6.07) is 13.0. The van der Waals surface area contributed by atoms with Gasteiger partial charge in [-0.1, -0.05) is 25.1 Å². The molecule has 0 saturated heterocycles. The number of ether oxygens (including phenoxy) is 2. The molecule has 0 unspecified atom stereocenters. The number of fused-ring (bicyclic) bond motifs is 1. The maximum atomic E-state index is 12.9. The molecule has 4 rings (SSSR count). The molecule has 2 aromatic heterocycles. The minimum absolute atomic E-state index is 0.190. The number of aryl methyl sites for hydroxylation is 1. The molecule has 0 aliphatic rings. The van der Waals surface area contributed by atoms with Crippen LogP contribution in [0.4, 0.5) is 5.95 Å². The molecular formula is C24H25N5O4. The first-order valence-corrected chi connectivity index (χ1v) is 10.6. The summed E-state index contributed by atoms with van der Waals surface area (Å²) in [6.45, 7) is 2.59. The summed E-state index contributed by atoms with van der Waals surface area (Å²) in [5.74, 6) is 1.65. The van der Waals surface area contributed by atoms with Gasteiger partial charge >= 0.3 is 5.69 Å². The molecule has 0 aliphatic heterocycles. The molecule has 2 N–H and O–H groups in total. The van der Waals surface area contributed by atoms with Gasteiger partial charge in [-0.05, 0) is 48.2 Å². The van der Waals surface area contributed by atoms with Crippen LogP contribution in [0.15, 0.2) is 58.3 Å². The van der Waals surface area contributed by atoms with E-state index in [9.17, 15) is 9.59 Å². The van der Waals surface area contributed by atoms with Crippen LogP contribution in [0, 0.1) is 0 Å². The van der Waals surface area contributed by atoms with E-state index in [-0.39, 0.29) is 11.0 Å². The van der Waals surface area contributed by atoms with Gasteiger partial charge < -0.3 is 14.8 Å². The van der Waals surface area contributed by atoms with Crippen LogP contribution in [0.1, 0.15) is 18.1 Å². The molecule has 0 aliphatic carbocycles. The van der Waals surface area contributed by atoms with Gasteiger partial charge in [0.05, 0.1) is 19.9 Å². The number of hydrogen-bond donors (Lipinski definition) is 2. The van der Waals surface area contributed by atoms with Crippen LogP contribution in [-0.4, -0.2) is 40.3 Å². The van der Waals surface area contributed by atoms with E-state index >= 15 is 0 Å². The Morgan fingerprint density at radius 1 is 1.00 bits per heavy atom. The Morgan fingerprint density at radius 2 is 1.73 bits per heavy atom. The van der Waals surface area contributed by atoms with Crippen LogP contribution in [-0.2, 0) is 12.8 Å². The molecule has 2 aromatic carbocycles. The predicted molar refractivity (Wildman–Crippen MR) is 127 cm³/mol. The highest BCUT2D eigenvalue weighted by Crippen LogP contribution is 2.27. The Kier molecular flexibility index (Phi) is 6.39. The molecular weight excluding hydrogens is 422 g/mol. The van der Waals surface area contributed by atoms with Gasteiger partial charge in [0.2, 0.25) is 5.95 Å². The molecule has 9 heteroatoms. The van der Waals surface area contributed by atoms with E-state index in [0.717, 1.165) is 22.1 Å². The number of aromatic amines is 1. The monoisotopic (exact) mass is 447 g/mol. The average molecular weight is 447 g/mol. The number of anilines is 1. The lowest BCUT2D eigenvalue weighted by molar-refractivity contribution is 0.354. The molecule has 2 heterocycles. The number of benzene rings is 2. The summed E-state index contributed by atoms with van der Waals surface area (Å²) < 4.78 is 11.7. The van der Waals surface area contributed by atoms with Crippen LogP contribution in [0.25, 0.3) is 16.7 Å². The number of aromatic nitrogens is 4. The van der Waals surface area contributed by atoms with Crippen molar-refractivity contribution >= 4 is 17.0 Å². The number of nitrogens with zero attached hydrogens (tertiary/aromatic N) is 3. The zero-order valence-corrected chi connectivity index (χ0v) is 18.7. The fourth-order valence-corrected chi connectivity index (χ4v) is 3.56. The van der Waals surface area contributed by atoms with Gasteiger partial charge in [0.25, 0.3) is 5.56 Å². The van der Waals surface area contributed by atoms with Crippen molar-refractivity contribution < 1.29 is 9.47 Å². The first-order chi connectivity index (χ1) is 16.0. The van der Waals surface area contributed by atoms with E-state index < -0.39 is 11.2 Å². The summed E-state index contributed by atoms with van der Waals surface area (Å²) in [4.78, 5) is 36.8. The van der Waals surface area contributed by atoms with E-state index in [0.29, 0.717) is 36.1 Å². The van der Waals surface area contributed by atoms with Gasteiger partial charge in [-0.3, -0.25) is 9.78 Å². The highest BCUT2D eigenvalue weighted by molar-refractivity contribution is 5.73. The molecule has 0 atom stereocenters. The van der Waals surface area contributed by atoms with Gasteiger partial charge in [0.1, 0.15) is 5.39 Å². The van der Waals surface area contributed by atoms with Crippen molar-refractivity contribution in [2.24, 2.45) is 0 Å². The number of methoxy groups -OCH3 is 2. The summed E-state index contributed by atoms with van der Waals surface area (Å²) in [7, 11) is 3.19. The SMILES string of the molecule is CCc1ccc(-n2c(=O)[nH]c3nc(NCCc4ccc(OC)c(OC)c4)ncc3c2=O)cc1. The van der Waals surface area contributed by atoms with Gasteiger partial charge in [-0.15, -0.1) is 0 Å². The van der Waals surface area contributed by atoms with E-state index in [1.54, 1.807) is 26.4 Å². The summed E-state index contributed by atoms with van der Waals surface area (Å²) in [5.41, 5.74) is 1.84. The van der Waals surface area contributed by atoms with Gasteiger partial charge in [-0.2, -0.15) is 4.98 Å². The second-order valence-electron chi connectivity index (χ2n) is 7.41. The third-order valence-corrected chi connectivity index (χ3v) is 5.40. The normalized spacial score (nSPS) is 10.9. The standard InChI is InChI=1S/C24H25N5O4/c1-4-15-5-8-17(9-6-15)29-22(30)18-14-26-23(27-21(18)28-24(29)31)25-12-11-16-7-10-19(32-2)20(13-16)33-3/h5-10,13-14H,4,11-12H2,1-3H3,(H2,25,26,27,28,31). The summed E-state index contributed by atoms with van der Waals surface area (Å²) in [5, 5.41) is 3.36. The molecule has 0 radical (unpaired) electrons. The number of hydrogen-bond acceptors (Lipinski definition) is 7. The van der Waals surface area contributed by atoms with Crippen molar-refractivity contribution in [1.82, 2.24) is 19.5 Å². The lowest BCUT2D eigenvalue weighted by atomic mass is 10.1. The van der Waals surface area contributed by atoms with Crippen molar-refractivity contribution in [1.29, 1.82) is 0 Å². The summed E-state index contributed by atoms with van der Waals surface area (Å²) >= 11 is 0. The molecule has 0 saturated carbocycles. The Labute approximate surface area is 190 Å². The maximum Gasteiger partial charge on any atom is 0.334 e. The van der Waals surface area contributed by atoms with Gasteiger partial charge in [0.15, 0.2) is 17.1 Å². The first-order valence-electron chi connectivity index (χ1n) is 10.6. The molecule has 9 nitrogen and oxygen atoms in total. The van der Waals surface area contributed by atoms with Crippen LogP contribution in [0.5, 0.6) is 11.5 Å². The third-order valence-electron chi connectivity index (χ3n) is 5.40. The van der Waals surface area contributed by atoms with Crippen molar-refractivity contribution in [3.63, 3.8) is 0 Å². The fraction of sp³-hybridized carbons (Fsp3) is 0.250. The third kappa shape index (κ3) is 4.57. The highest BCUT2D eigenvalue weighted by atomic mass is 16.5. The topological polar surface area (TPSA) is 111 Å². The highest BCUT2D eigenvalue weighted by Gasteiger charge is 2.12. The number of H-pyrrole nitrogens is 1. The van der Waals surface area contributed by atoms with Crippen LogP contribution in [0.3, 0.4) is 0 Å². The van der Waals surface area contributed by atoms with E-state index in [4.69, 9.17) is 9.47 Å². The van der Waals surface area contributed by atoms with Crippen molar-refractivity contribution in [2.45, 2.75) is 19.8 Å². The Hall–Kier alpha value is -4.14. The molecule has 0 fully saturated rings. The predicted octanol–water partition coefficient (Wildman–Crippen LogP) is 2.70. The zero-order valence-electron chi connectivity index (χ0n) is 18.7. The summed E-state index contributed by atoms with van der Waals surface area (Å²) in [6.07, 6.45) is 2.99. The average Bonchev–Trinajstić information content (AvgIpc) is 2.84. The second-order valence-corrected chi connectivity index (χ2v) is 7.41. The Balaban J connectivity index is 1.54. The molecule has 4 aromatic rings. The van der Waals surface area contributed by atoms with E-state index in [1.807, 2.05) is 37.3 Å². The lowest BCUT2D eigenvalue weighted by Crippen LogP contribution is -2.34. The smallest absolute Gasteiger partial charge is 0.334 e. The second kappa shape index (κ2) is 9.56. The van der Waals surface area contributed by atoms with Crippen molar-refractivity contribution in [2.75, 3.05) is 26.1 Å². The minimum Gasteiger partial charge on any atom is -0.493 e. The Morgan fingerprint density at radius 3 is 2.42 bits per heavy atom. The van der Waals surface area contributed by atoms with E-state index in [1.165, 1.54) is 6.20 Å². The Bertz CT molecular complexity index is 1390. The molecule has 170 valence electrons. The largest absolute Gasteiger partial charge is 0.493 e. The van der Waals surface area contributed by atoms with Gasteiger partial charge in [0, 0.05) is 12.7 Å². The lowest BCUT2D eigenvalue weighted by Gasteiger charge is -2.10. The van der Waals surface area contributed by atoms with Crippen molar-refractivity contribution in [3.05, 3.63) is 80.6 Å². The van der Waals surface area contributed by atoms with Crippen LogP contribution >= 0.6 is 0 Å². The van der Waals surface area contributed by atoms with Crippen molar-refractivity contribution in [3.8, 4) is 17.2 Å². The molecule has 0 amide bonds. The first kappa shape index (κ1) is 22.1. The molecule has 33 heavy (non-hydrogen) atoms. The van der Waals surface area contributed by atoms with Crippen LogP contribution < -0.4 is 26.0 Å². The van der Waals surface area contributed by atoms with Crippen LogP contribution in [0.2, 0.25) is 0 Å². The van der Waals surface area contributed by atoms with E-state index in [2.05, 4.69) is 20.3 Å². The zero-order chi connectivity index (χ0) is 23.4. The molecule has 0 bridgehead atoms. The number of nitrogens with one attached hydrogen (secondary N) is 2. The van der Waals surface area contributed by atoms with Gasteiger partial charge in [-0.25, -0.2) is 14.3 Å². The maximum absolute atomic E-state index is 12.9. The quantitative estimate of drug-likeness (QED) is 0.427. The fourth-order valence-electron chi connectivity index (χ4n) is 3.56. The molecule has 0 spiro atoms. The number of rotatable bonds is 8.